The van der Waals surface area contributed by atoms with Crippen LogP contribution in [-0.4, -0.2) is 41.6 Å². The summed E-state index contributed by atoms with van der Waals surface area (Å²) in [4.78, 5) is 55.9. The van der Waals surface area contributed by atoms with Crippen LogP contribution in [0.1, 0.15) is 50.4 Å². The van der Waals surface area contributed by atoms with E-state index in [9.17, 15) is 19.2 Å². The highest BCUT2D eigenvalue weighted by molar-refractivity contribution is 7.18. The number of benzene rings is 1. The molecule has 1 aliphatic rings. The number of carbonyl (C=O) groups excluding carboxylic acids is 3. The van der Waals surface area contributed by atoms with Crippen molar-refractivity contribution < 1.29 is 23.9 Å². The minimum atomic E-state index is -0.652. The normalized spacial score (nSPS) is 12.8. The molecule has 3 aromatic rings. The summed E-state index contributed by atoms with van der Waals surface area (Å²) in [6.45, 7) is 0.152. The zero-order chi connectivity index (χ0) is 23.5. The molecule has 0 bridgehead atoms. The Hall–Kier alpha value is -3.53. The van der Waals surface area contributed by atoms with Crippen molar-refractivity contribution in [3.8, 4) is 0 Å². The van der Waals surface area contributed by atoms with Gasteiger partial charge in [0.1, 0.15) is 4.83 Å². The van der Waals surface area contributed by atoms with Crippen molar-refractivity contribution in [2.45, 2.75) is 38.6 Å². The van der Waals surface area contributed by atoms with E-state index in [1.165, 1.54) is 48.2 Å². The summed E-state index contributed by atoms with van der Waals surface area (Å²) in [5.74, 6) is -1.69. The SMILES string of the molecule is COC(=O)c1cc(NC(=O)CCn2cnc3sc4c(c3c2=O)CCCC4)cc(C(=O)OC)c1. The van der Waals surface area contributed by atoms with Gasteiger partial charge >= 0.3 is 11.9 Å². The van der Waals surface area contributed by atoms with E-state index in [2.05, 4.69) is 10.3 Å². The number of aromatic nitrogens is 2. The molecule has 1 aromatic carbocycles. The molecule has 0 spiro atoms. The molecular formula is C23H23N3O6S. The first kappa shape index (κ1) is 22.7. The van der Waals surface area contributed by atoms with Gasteiger partial charge in [0, 0.05) is 23.5 Å². The number of methoxy groups -OCH3 is 2. The number of hydrogen-bond acceptors (Lipinski definition) is 8. The number of nitrogens with zero attached hydrogens (tertiary/aromatic N) is 2. The summed E-state index contributed by atoms with van der Waals surface area (Å²) >= 11 is 1.58. The minimum absolute atomic E-state index is 0.00936. The first-order valence-corrected chi connectivity index (χ1v) is 11.3. The van der Waals surface area contributed by atoms with Crippen LogP contribution in [0.3, 0.4) is 0 Å². The van der Waals surface area contributed by atoms with Crippen molar-refractivity contribution in [3.05, 3.63) is 56.4 Å². The van der Waals surface area contributed by atoms with E-state index in [0.29, 0.717) is 5.39 Å². The van der Waals surface area contributed by atoms with Crippen LogP contribution < -0.4 is 10.9 Å². The minimum Gasteiger partial charge on any atom is -0.465 e. The Balaban J connectivity index is 1.51. The number of esters is 2. The summed E-state index contributed by atoms with van der Waals surface area (Å²) in [6, 6.07) is 4.15. The summed E-state index contributed by atoms with van der Waals surface area (Å²) in [6.07, 6.45) is 5.55. The summed E-state index contributed by atoms with van der Waals surface area (Å²) < 4.78 is 10.9. The summed E-state index contributed by atoms with van der Waals surface area (Å²) in [5, 5.41) is 3.34. The largest absolute Gasteiger partial charge is 0.465 e. The molecule has 1 amide bonds. The van der Waals surface area contributed by atoms with E-state index in [0.717, 1.165) is 36.1 Å². The van der Waals surface area contributed by atoms with Gasteiger partial charge in [-0.25, -0.2) is 14.6 Å². The van der Waals surface area contributed by atoms with Crippen LogP contribution in [0.15, 0.2) is 29.3 Å². The highest BCUT2D eigenvalue weighted by Gasteiger charge is 2.20. The van der Waals surface area contributed by atoms with Gasteiger partial charge in [-0.05, 0) is 49.4 Å². The predicted molar refractivity (Wildman–Crippen MR) is 123 cm³/mol. The Morgan fingerprint density at radius 1 is 1.06 bits per heavy atom. The Bertz CT molecular complexity index is 1280. The fraction of sp³-hybridized carbons (Fsp3) is 0.348. The van der Waals surface area contributed by atoms with Gasteiger partial charge in [0.05, 0.1) is 37.1 Å². The molecule has 1 aliphatic carbocycles. The molecule has 172 valence electrons. The van der Waals surface area contributed by atoms with E-state index in [1.54, 1.807) is 11.3 Å². The maximum atomic E-state index is 13.0. The van der Waals surface area contributed by atoms with Crippen molar-refractivity contribution >= 4 is 45.1 Å². The molecular weight excluding hydrogens is 446 g/mol. The third-order valence-electron chi connectivity index (χ3n) is 5.58. The maximum absolute atomic E-state index is 13.0. The van der Waals surface area contributed by atoms with Crippen molar-refractivity contribution in [1.29, 1.82) is 0 Å². The second kappa shape index (κ2) is 9.53. The number of carbonyl (C=O) groups is 3. The van der Waals surface area contributed by atoms with Gasteiger partial charge in [-0.15, -0.1) is 11.3 Å². The number of amides is 1. The Morgan fingerprint density at radius 3 is 2.39 bits per heavy atom. The van der Waals surface area contributed by atoms with Crippen molar-refractivity contribution in [3.63, 3.8) is 0 Å². The number of fused-ring (bicyclic) bond motifs is 3. The Labute approximate surface area is 193 Å². The highest BCUT2D eigenvalue weighted by Crippen LogP contribution is 2.33. The fourth-order valence-corrected chi connectivity index (χ4v) is 5.18. The standard InChI is InChI=1S/C23H23N3O6S/c1-31-22(29)13-9-14(23(30)32-2)11-15(10-13)25-18(27)7-8-26-12-24-20-19(21(26)28)16-5-3-4-6-17(16)33-20/h9-12H,3-8H2,1-2H3,(H,25,27). The van der Waals surface area contributed by atoms with Gasteiger partial charge in [0.25, 0.3) is 5.56 Å². The first-order valence-electron chi connectivity index (χ1n) is 10.5. The van der Waals surface area contributed by atoms with E-state index >= 15 is 0 Å². The number of rotatable bonds is 6. The molecule has 0 saturated carbocycles. The molecule has 0 aliphatic heterocycles. The molecule has 9 nitrogen and oxygen atoms in total. The van der Waals surface area contributed by atoms with E-state index in [-0.39, 0.29) is 41.2 Å². The average molecular weight is 470 g/mol. The fourth-order valence-electron chi connectivity index (χ4n) is 3.96. The van der Waals surface area contributed by atoms with E-state index in [4.69, 9.17) is 9.47 Å². The molecule has 0 saturated heterocycles. The predicted octanol–water partition coefficient (Wildman–Crippen LogP) is 2.94. The topological polar surface area (TPSA) is 117 Å². The van der Waals surface area contributed by atoms with E-state index in [1.807, 2.05) is 0 Å². The molecule has 1 N–H and O–H groups in total. The van der Waals surface area contributed by atoms with E-state index < -0.39 is 11.9 Å². The molecule has 0 radical (unpaired) electrons. The smallest absolute Gasteiger partial charge is 0.337 e. The Morgan fingerprint density at radius 2 is 1.73 bits per heavy atom. The van der Waals surface area contributed by atoms with Gasteiger partial charge in [-0.2, -0.15) is 0 Å². The van der Waals surface area contributed by atoms with Crippen LogP contribution in [0.4, 0.5) is 5.69 Å². The van der Waals surface area contributed by atoms with Gasteiger partial charge in [-0.1, -0.05) is 0 Å². The van der Waals surface area contributed by atoms with Crippen molar-refractivity contribution in [2.24, 2.45) is 0 Å². The number of ether oxygens (including phenoxy) is 2. The average Bonchev–Trinajstić information content (AvgIpc) is 3.21. The van der Waals surface area contributed by atoms with Crippen LogP contribution in [0.5, 0.6) is 0 Å². The van der Waals surface area contributed by atoms with Crippen LogP contribution in [-0.2, 0) is 33.7 Å². The molecule has 33 heavy (non-hydrogen) atoms. The monoisotopic (exact) mass is 469 g/mol. The second-order valence-electron chi connectivity index (χ2n) is 7.71. The number of nitrogens with one attached hydrogen (secondary N) is 1. The second-order valence-corrected chi connectivity index (χ2v) is 8.80. The van der Waals surface area contributed by atoms with Crippen molar-refractivity contribution in [1.82, 2.24) is 9.55 Å². The molecule has 2 aromatic heterocycles. The lowest BCUT2D eigenvalue weighted by Gasteiger charge is -2.11. The molecule has 4 rings (SSSR count). The van der Waals surface area contributed by atoms with Crippen LogP contribution in [0.2, 0.25) is 0 Å². The van der Waals surface area contributed by atoms with Crippen LogP contribution in [0.25, 0.3) is 10.2 Å². The third-order valence-corrected chi connectivity index (χ3v) is 6.78. The van der Waals surface area contributed by atoms with Crippen LogP contribution >= 0.6 is 11.3 Å². The van der Waals surface area contributed by atoms with Gasteiger partial charge < -0.3 is 14.8 Å². The molecule has 2 heterocycles. The lowest BCUT2D eigenvalue weighted by atomic mass is 9.97. The summed E-state index contributed by atoms with van der Waals surface area (Å²) in [7, 11) is 2.44. The van der Waals surface area contributed by atoms with Gasteiger partial charge in [-0.3, -0.25) is 14.2 Å². The number of hydrogen-bond donors (Lipinski definition) is 1. The van der Waals surface area contributed by atoms with Crippen molar-refractivity contribution in [2.75, 3.05) is 19.5 Å². The lowest BCUT2D eigenvalue weighted by molar-refractivity contribution is -0.116. The number of thiophene rings is 1. The maximum Gasteiger partial charge on any atom is 0.337 e. The Kier molecular flexibility index (Phi) is 6.55. The molecule has 0 fully saturated rings. The summed E-state index contributed by atoms with van der Waals surface area (Å²) in [5.41, 5.74) is 1.42. The first-order chi connectivity index (χ1) is 15.9. The van der Waals surface area contributed by atoms with Gasteiger partial charge in [0.15, 0.2) is 0 Å². The zero-order valence-electron chi connectivity index (χ0n) is 18.3. The zero-order valence-corrected chi connectivity index (χ0v) is 19.1. The number of anilines is 1. The lowest BCUT2D eigenvalue weighted by Crippen LogP contribution is -2.24. The quantitative estimate of drug-likeness (QED) is 0.552. The molecule has 0 unspecified atom stereocenters. The van der Waals surface area contributed by atoms with Crippen LogP contribution in [0, 0.1) is 0 Å². The highest BCUT2D eigenvalue weighted by atomic mass is 32.1. The van der Waals surface area contributed by atoms with Gasteiger partial charge in [0.2, 0.25) is 5.91 Å². The third kappa shape index (κ3) is 4.65. The molecule has 10 heteroatoms. The molecule has 0 atom stereocenters. The number of aryl methyl sites for hydroxylation is 3.